The Labute approximate surface area is 280 Å². The van der Waals surface area contributed by atoms with Crippen molar-refractivity contribution in [3.8, 4) is 5.75 Å². The molecule has 48 heavy (non-hydrogen) atoms. The van der Waals surface area contributed by atoms with Gasteiger partial charge in [0.2, 0.25) is 11.8 Å². The van der Waals surface area contributed by atoms with Crippen molar-refractivity contribution in [1.82, 2.24) is 0 Å². The van der Waals surface area contributed by atoms with Gasteiger partial charge in [-0.3, -0.25) is 9.59 Å². The summed E-state index contributed by atoms with van der Waals surface area (Å²) < 4.78 is 82.2. The lowest BCUT2D eigenvalue weighted by atomic mass is 9.68. The highest BCUT2D eigenvalue weighted by Crippen LogP contribution is 2.48. The number of fused-ring (bicyclic) bond motifs is 1. The highest BCUT2D eigenvalue weighted by molar-refractivity contribution is 9.10. The third kappa shape index (κ3) is 7.08. The summed E-state index contributed by atoms with van der Waals surface area (Å²) in [6.45, 7) is 0.902. The zero-order valence-corrected chi connectivity index (χ0v) is 26.9. The van der Waals surface area contributed by atoms with Gasteiger partial charge in [-0.25, -0.2) is 4.90 Å². The minimum absolute atomic E-state index is 0.0292. The maximum atomic E-state index is 13.7. The molecule has 3 aromatic rings. The summed E-state index contributed by atoms with van der Waals surface area (Å²) in [5, 5.41) is 32.4. The minimum atomic E-state index is -5.19. The van der Waals surface area contributed by atoms with Crippen LogP contribution in [-0.2, 0) is 21.9 Å². The summed E-state index contributed by atoms with van der Waals surface area (Å²) in [5.74, 6) is -5.60. The number of carbonyl (C=O) groups is 2. The van der Waals surface area contributed by atoms with E-state index in [1.807, 2.05) is 30.3 Å². The van der Waals surface area contributed by atoms with Gasteiger partial charge in [0, 0.05) is 16.0 Å². The number of halogens is 7. The lowest BCUT2D eigenvalue weighted by molar-refractivity contribution is -0.143. The van der Waals surface area contributed by atoms with Crippen LogP contribution < -0.4 is 4.90 Å². The second-order valence-electron chi connectivity index (χ2n) is 11.9. The van der Waals surface area contributed by atoms with Gasteiger partial charge >= 0.3 is 12.4 Å². The number of phenols is 1. The van der Waals surface area contributed by atoms with Gasteiger partial charge in [-0.05, 0) is 85.4 Å². The first-order valence-corrected chi connectivity index (χ1v) is 15.7. The molecule has 1 saturated heterocycles. The first kappa shape index (κ1) is 35.4. The fourth-order valence-corrected chi connectivity index (χ4v) is 7.05. The third-order valence-corrected chi connectivity index (χ3v) is 9.36. The Morgan fingerprint density at radius 2 is 1.58 bits per heavy atom. The maximum Gasteiger partial charge on any atom is 0.416 e. The SMILES string of the molecule is CC1=C([C@H](O)CC/C(=C/c2cc(Br)ccc2O)c2ccccc2)[C@H](CO)[C@@H]2C(=O)N(c3cc(C(F)(F)F)cc(C(F)(F)F)c3)C(=O)[C@@H]2C1. The van der Waals surface area contributed by atoms with Gasteiger partial charge in [0.25, 0.3) is 0 Å². The van der Waals surface area contributed by atoms with Gasteiger partial charge in [0.05, 0.1) is 41.4 Å². The molecule has 0 unspecified atom stereocenters. The normalized spacial score (nSPS) is 21.2. The molecular weight excluding hydrogens is 708 g/mol. The van der Waals surface area contributed by atoms with E-state index in [2.05, 4.69) is 15.9 Å². The molecule has 4 atom stereocenters. The molecule has 0 bridgehead atoms. The summed E-state index contributed by atoms with van der Waals surface area (Å²) in [4.78, 5) is 27.6. The number of aromatic hydroxyl groups is 1. The first-order chi connectivity index (χ1) is 22.5. The van der Waals surface area contributed by atoms with Crippen molar-refractivity contribution in [2.75, 3.05) is 11.5 Å². The largest absolute Gasteiger partial charge is 0.507 e. The van der Waals surface area contributed by atoms with Gasteiger partial charge in [-0.1, -0.05) is 51.8 Å². The molecule has 2 aliphatic rings. The molecule has 13 heteroatoms. The lowest BCUT2D eigenvalue weighted by Crippen LogP contribution is -2.38. The number of imide groups is 1. The molecule has 1 aliphatic heterocycles. The molecule has 1 heterocycles. The van der Waals surface area contributed by atoms with Crippen molar-refractivity contribution < 1.29 is 51.3 Å². The smallest absolute Gasteiger partial charge is 0.416 e. The number of phenolic OH excluding ortho intramolecular Hbond substituents is 1. The molecule has 6 nitrogen and oxygen atoms in total. The number of nitrogens with zero attached hydrogens (tertiary/aromatic N) is 1. The van der Waals surface area contributed by atoms with E-state index in [1.54, 1.807) is 25.1 Å². The molecule has 3 aromatic carbocycles. The van der Waals surface area contributed by atoms with Crippen LogP contribution in [0.3, 0.4) is 0 Å². The van der Waals surface area contributed by atoms with Crippen LogP contribution in [-0.4, -0.2) is 39.8 Å². The van der Waals surface area contributed by atoms with E-state index in [0.29, 0.717) is 33.7 Å². The van der Waals surface area contributed by atoms with E-state index in [4.69, 9.17) is 0 Å². The number of alkyl halides is 6. The van der Waals surface area contributed by atoms with Crippen LogP contribution in [0.2, 0.25) is 0 Å². The van der Waals surface area contributed by atoms with E-state index >= 15 is 0 Å². The van der Waals surface area contributed by atoms with Crippen molar-refractivity contribution in [3.63, 3.8) is 0 Å². The number of benzene rings is 3. The number of carbonyl (C=O) groups excluding carboxylic acids is 2. The van der Waals surface area contributed by atoms with Gasteiger partial charge < -0.3 is 15.3 Å². The Morgan fingerprint density at radius 1 is 0.958 bits per heavy atom. The van der Waals surface area contributed by atoms with E-state index in [9.17, 15) is 51.3 Å². The van der Waals surface area contributed by atoms with Crippen molar-refractivity contribution in [3.05, 3.63) is 105 Å². The van der Waals surface area contributed by atoms with Crippen molar-refractivity contribution in [2.24, 2.45) is 17.8 Å². The molecule has 0 radical (unpaired) electrons. The fourth-order valence-electron chi connectivity index (χ4n) is 6.67. The lowest BCUT2D eigenvalue weighted by Gasteiger charge is -2.35. The van der Waals surface area contributed by atoms with Gasteiger partial charge in [0.1, 0.15) is 5.75 Å². The maximum absolute atomic E-state index is 13.7. The molecule has 0 saturated carbocycles. The second-order valence-corrected chi connectivity index (χ2v) is 12.8. The Morgan fingerprint density at radius 3 is 2.17 bits per heavy atom. The molecule has 0 aromatic heterocycles. The standard InChI is InChI=1S/C35H30BrF6NO5/c1-18-11-26-31(33(48)43(32(26)47)25-15-22(34(37,38)39)14-23(16-25)35(40,41)42)27(17-44)30(18)29(46)9-7-20(19-5-3-2-4-6-19)12-21-13-24(36)8-10-28(21)45/h2-6,8,10,12-16,26-27,29,31,44-46H,7,9,11,17H2,1H3/b20-12-/t26-,27+,29-,31-/m1/s1. The number of amides is 2. The Bertz CT molecular complexity index is 1750. The van der Waals surface area contributed by atoms with Crippen LogP contribution in [0.15, 0.2) is 82.3 Å². The van der Waals surface area contributed by atoms with E-state index in [-0.39, 0.29) is 31.1 Å². The number of aliphatic hydroxyl groups is 2. The van der Waals surface area contributed by atoms with Crippen LogP contribution in [0.25, 0.3) is 11.6 Å². The van der Waals surface area contributed by atoms with Crippen molar-refractivity contribution in [1.29, 1.82) is 0 Å². The van der Waals surface area contributed by atoms with Crippen LogP contribution in [0, 0.1) is 17.8 Å². The van der Waals surface area contributed by atoms with Crippen LogP contribution in [0.4, 0.5) is 32.0 Å². The van der Waals surface area contributed by atoms with Crippen LogP contribution in [0.5, 0.6) is 5.75 Å². The van der Waals surface area contributed by atoms with E-state index < -0.39 is 71.4 Å². The number of allylic oxidation sites excluding steroid dienone is 2. The molecule has 5 rings (SSSR count). The zero-order chi connectivity index (χ0) is 35.1. The second kappa shape index (κ2) is 13.5. The van der Waals surface area contributed by atoms with Crippen molar-refractivity contribution >= 4 is 45.1 Å². The molecular formula is C35H30BrF6NO5. The summed E-state index contributed by atoms with van der Waals surface area (Å²) in [5.41, 5.74) is -1.37. The summed E-state index contributed by atoms with van der Waals surface area (Å²) in [6.07, 6.45) is -9.58. The monoisotopic (exact) mass is 737 g/mol. The zero-order valence-electron chi connectivity index (χ0n) is 25.3. The molecule has 1 aliphatic carbocycles. The first-order valence-electron chi connectivity index (χ1n) is 14.9. The predicted molar refractivity (Wildman–Crippen MR) is 169 cm³/mol. The molecule has 2 amide bonds. The average Bonchev–Trinajstić information content (AvgIpc) is 3.27. The summed E-state index contributed by atoms with van der Waals surface area (Å²) in [6, 6.07) is 14.7. The third-order valence-electron chi connectivity index (χ3n) is 8.87. The number of anilines is 1. The molecule has 3 N–H and O–H groups in total. The number of hydrogen-bond donors (Lipinski definition) is 3. The molecule has 0 spiro atoms. The molecule has 1 fully saturated rings. The quantitative estimate of drug-likeness (QED) is 0.0942. The average molecular weight is 739 g/mol. The van der Waals surface area contributed by atoms with E-state index in [0.717, 1.165) is 15.6 Å². The van der Waals surface area contributed by atoms with Crippen LogP contribution in [0.1, 0.15) is 48.4 Å². The van der Waals surface area contributed by atoms with Crippen LogP contribution >= 0.6 is 15.9 Å². The Kier molecular flexibility index (Phi) is 9.96. The summed E-state index contributed by atoms with van der Waals surface area (Å²) in [7, 11) is 0. The predicted octanol–water partition coefficient (Wildman–Crippen LogP) is 8.01. The Balaban J connectivity index is 1.45. The highest BCUT2D eigenvalue weighted by atomic mass is 79.9. The Hall–Kier alpha value is -3.94. The number of hydrogen-bond acceptors (Lipinski definition) is 5. The van der Waals surface area contributed by atoms with Gasteiger partial charge in [0.15, 0.2) is 0 Å². The summed E-state index contributed by atoms with van der Waals surface area (Å²) >= 11 is 3.39. The minimum Gasteiger partial charge on any atom is -0.507 e. The fraction of sp³-hybridized carbons (Fsp3) is 0.314. The highest BCUT2D eigenvalue weighted by Gasteiger charge is 2.55. The topological polar surface area (TPSA) is 98.1 Å². The molecule has 254 valence electrons. The van der Waals surface area contributed by atoms with Gasteiger partial charge in [-0.2, -0.15) is 26.3 Å². The van der Waals surface area contributed by atoms with Gasteiger partial charge in [-0.15, -0.1) is 0 Å². The van der Waals surface area contributed by atoms with E-state index in [1.165, 1.54) is 6.07 Å². The number of rotatable bonds is 8. The van der Waals surface area contributed by atoms with Crippen molar-refractivity contribution in [2.45, 2.75) is 44.6 Å². The number of aliphatic hydroxyl groups excluding tert-OH is 2.